The molecule has 0 fully saturated rings. The number of nitrogens with one attached hydrogen (secondary N) is 2. The van der Waals surface area contributed by atoms with Gasteiger partial charge in [0.2, 0.25) is 5.91 Å². The fourth-order valence-electron chi connectivity index (χ4n) is 1.50. The predicted molar refractivity (Wildman–Crippen MR) is 73.3 cm³/mol. The Labute approximate surface area is 110 Å². The Bertz CT molecular complexity index is 510. The molecular weight excluding hydrogens is 246 g/mol. The minimum atomic E-state index is -0.0187. The van der Waals surface area contributed by atoms with Crippen LogP contribution in [-0.4, -0.2) is 24.5 Å². The van der Waals surface area contributed by atoms with Crippen LogP contribution in [0.5, 0.6) is 0 Å². The van der Waals surface area contributed by atoms with E-state index in [4.69, 9.17) is 0 Å². The van der Waals surface area contributed by atoms with Gasteiger partial charge in [0.1, 0.15) is 5.01 Å². The molecule has 18 heavy (non-hydrogen) atoms. The van der Waals surface area contributed by atoms with E-state index >= 15 is 0 Å². The van der Waals surface area contributed by atoms with Gasteiger partial charge in [0, 0.05) is 24.5 Å². The van der Waals surface area contributed by atoms with Crippen LogP contribution in [0.25, 0.3) is 11.3 Å². The van der Waals surface area contributed by atoms with Crippen LogP contribution < -0.4 is 10.6 Å². The average Bonchev–Trinajstić information content (AvgIpc) is 2.88. The van der Waals surface area contributed by atoms with Gasteiger partial charge in [-0.25, -0.2) is 4.98 Å². The summed E-state index contributed by atoms with van der Waals surface area (Å²) >= 11 is 1.60. The van der Waals surface area contributed by atoms with E-state index in [1.807, 2.05) is 35.7 Å². The Morgan fingerprint density at radius 3 is 2.83 bits per heavy atom. The maximum absolute atomic E-state index is 11.0. The highest BCUT2D eigenvalue weighted by molar-refractivity contribution is 7.09. The van der Waals surface area contributed by atoms with E-state index in [0.29, 0.717) is 13.1 Å². The Kier molecular flexibility index (Phi) is 4.44. The van der Waals surface area contributed by atoms with Crippen molar-refractivity contribution in [3.63, 3.8) is 0 Å². The van der Waals surface area contributed by atoms with Crippen molar-refractivity contribution < 1.29 is 4.79 Å². The van der Waals surface area contributed by atoms with E-state index in [0.717, 1.165) is 16.3 Å². The molecule has 1 aromatic carbocycles. The van der Waals surface area contributed by atoms with E-state index in [2.05, 4.69) is 15.6 Å². The molecule has 0 spiro atoms. The first-order chi connectivity index (χ1) is 8.79. The maximum atomic E-state index is 11.0. The molecular formula is C13H15N3OS. The summed E-state index contributed by atoms with van der Waals surface area (Å²) in [7, 11) is 1.63. The molecule has 0 bridgehead atoms. The zero-order chi connectivity index (χ0) is 12.8. The Morgan fingerprint density at radius 2 is 2.11 bits per heavy atom. The van der Waals surface area contributed by atoms with Gasteiger partial charge in [-0.15, -0.1) is 11.3 Å². The van der Waals surface area contributed by atoms with E-state index in [1.54, 1.807) is 18.4 Å². The molecule has 94 valence electrons. The molecule has 2 aromatic rings. The molecule has 0 unspecified atom stereocenters. The zero-order valence-electron chi connectivity index (χ0n) is 10.1. The van der Waals surface area contributed by atoms with Crippen molar-refractivity contribution in [3.05, 3.63) is 40.7 Å². The minimum Gasteiger partial charge on any atom is -0.358 e. The number of carbonyl (C=O) groups excluding carboxylic acids is 1. The van der Waals surface area contributed by atoms with Gasteiger partial charge < -0.3 is 10.6 Å². The normalized spacial score (nSPS) is 10.3. The molecule has 5 heteroatoms. The van der Waals surface area contributed by atoms with Crippen LogP contribution >= 0.6 is 11.3 Å². The van der Waals surface area contributed by atoms with Gasteiger partial charge in [0.05, 0.1) is 12.2 Å². The van der Waals surface area contributed by atoms with Gasteiger partial charge in [0.25, 0.3) is 0 Å². The summed E-state index contributed by atoms with van der Waals surface area (Å²) in [6.45, 7) is 0.932. The van der Waals surface area contributed by atoms with E-state index in [1.165, 1.54) is 0 Å². The van der Waals surface area contributed by atoms with Gasteiger partial charge in [-0.2, -0.15) is 0 Å². The third kappa shape index (κ3) is 3.38. The fraction of sp³-hybridized carbons (Fsp3) is 0.231. The van der Waals surface area contributed by atoms with Crippen LogP contribution in [0.1, 0.15) is 5.01 Å². The minimum absolute atomic E-state index is 0.0187. The number of hydrogen-bond acceptors (Lipinski definition) is 4. The van der Waals surface area contributed by atoms with Gasteiger partial charge in [0.15, 0.2) is 0 Å². The van der Waals surface area contributed by atoms with Gasteiger partial charge >= 0.3 is 0 Å². The van der Waals surface area contributed by atoms with Crippen LogP contribution in [0.3, 0.4) is 0 Å². The lowest BCUT2D eigenvalue weighted by Crippen LogP contribution is -2.30. The maximum Gasteiger partial charge on any atom is 0.233 e. The van der Waals surface area contributed by atoms with Gasteiger partial charge in [-0.05, 0) is 0 Å². The molecule has 1 heterocycles. The van der Waals surface area contributed by atoms with Gasteiger partial charge in [-0.3, -0.25) is 4.79 Å². The average molecular weight is 261 g/mol. The zero-order valence-corrected chi connectivity index (χ0v) is 11.0. The second-order valence-electron chi connectivity index (χ2n) is 3.77. The molecule has 0 atom stereocenters. The van der Waals surface area contributed by atoms with Crippen molar-refractivity contribution >= 4 is 17.2 Å². The molecule has 4 nitrogen and oxygen atoms in total. The highest BCUT2D eigenvalue weighted by atomic mass is 32.1. The third-order valence-corrected chi connectivity index (χ3v) is 3.31. The lowest BCUT2D eigenvalue weighted by Gasteiger charge is -2.00. The standard InChI is InChI=1S/C13H15N3OS/c1-14-12(17)7-15-8-13-16-11(9-18-13)10-5-3-2-4-6-10/h2-6,9,15H,7-8H2,1H3,(H,14,17). The number of rotatable bonds is 5. The molecule has 1 amide bonds. The molecule has 0 saturated heterocycles. The second-order valence-corrected chi connectivity index (χ2v) is 4.71. The van der Waals surface area contributed by atoms with E-state index in [-0.39, 0.29) is 5.91 Å². The number of likely N-dealkylation sites (N-methyl/N-ethyl adjacent to an activating group) is 1. The lowest BCUT2D eigenvalue weighted by atomic mass is 10.2. The van der Waals surface area contributed by atoms with Crippen LogP contribution in [0.15, 0.2) is 35.7 Å². The summed E-state index contributed by atoms with van der Waals surface area (Å²) < 4.78 is 0. The number of thiazole rings is 1. The quantitative estimate of drug-likeness (QED) is 0.860. The number of nitrogens with zero attached hydrogens (tertiary/aromatic N) is 1. The summed E-state index contributed by atoms with van der Waals surface area (Å²) in [6.07, 6.45) is 0. The summed E-state index contributed by atoms with van der Waals surface area (Å²) in [6, 6.07) is 10.1. The second kappa shape index (κ2) is 6.28. The molecule has 1 aromatic heterocycles. The first-order valence-corrected chi connectivity index (χ1v) is 6.58. The monoisotopic (exact) mass is 261 g/mol. The largest absolute Gasteiger partial charge is 0.358 e. The van der Waals surface area contributed by atoms with Crippen molar-refractivity contribution in [2.75, 3.05) is 13.6 Å². The first kappa shape index (κ1) is 12.7. The SMILES string of the molecule is CNC(=O)CNCc1nc(-c2ccccc2)cs1. The summed E-state index contributed by atoms with van der Waals surface area (Å²) in [5.74, 6) is -0.0187. The van der Waals surface area contributed by atoms with Crippen LogP contribution in [0.4, 0.5) is 0 Å². The topological polar surface area (TPSA) is 54.0 Å². The van der Waals surface area contributed by atoms with Crippen LogP contribution in [-0.2, 0) is 11.3 Å². The number of amides is 1. The summed E-state index contributed by atoms with van der Waals surface area (Å²) in [5.41, 5.74) is 2.10. The molecule has 0 saturated carbocycles. The predicted octanol–water partition coefficient (Wildman–Crippen LogP) is 1.65. The number of aromatic nitrogens is 1. The van der Waals surface area contributed by atoms with Crippen LogP contribution in [0, 0.1) is 0 Å². The smallest absolute Gasteiger partial charge is 0.233 e. The summed E-state index contributed by atoms with van der Waals surface area (Å²) in [4.78, 5) is 15.6. The van der Waals surface area contributed by atoms with Gasteiger partial charge in [-0.1, -0.05) is 30.3 Å². The third-order valence-electron chi connectivity index (χ3n) is 2.46. The van der Waals surface area contributed by atoms with Crippen molar-refractivity contribution in [3.8, 4) is 11.3 Å². The highest BCUT2D eigenvalue weighted by Gasteiger charge is 2.04. The lowest BCUT2D eigenvalue weighted by molar-refractivity contribution is -0.119. The highest BCUT2D eigenvalue weighted by Crippen LogP contribution is 2.21. The summed E-state index contributed by atoms with van der Waals surface area (Å²) in [5, 5.41) is 8.63. The number of carbonyl (C=O) groups is 1. The number of benzene rings is 1. The Balaban J connectivity index is 1.93. The Hall–Kier alpha value is -1.72. The van der Waals surface area contributed by atoms with Crippen molar-refractivity contribution in [1.82, 2.24) is 15.6 Å². The molecule has 0 aliphatic heterocycles. The molecule has 0 aliphatic rings. The van der Waals surface area contributed by atoms with Crippen LogP contribution in [0.2, 0.25) is 0 Å². The number of hydrogen-bond donors (Lipinski definition) is 2. The first-order valence-electron chi connectivity index (χ1n) is 5.70. The van der Waals surface area contributed by atoms with E-state index < -0.39 is 0 Å². The molecule has 0 radical (unpaired) electrons. The molecule has 2 rings (SSSR count). The fourth-order valence-corrected chi connectivity index (χ4v) is 2.28. The van der Waals surface area contributed by atoms with Crippen molar-refractivity contribution in [2.45, 2.75) is 6.54 Å². The van der Waals surface area contributed by atoms with E-state index in [9.17, 15) is 4.79 Å². The van der Waals surface area contributed by atoms with Crippen molar-refractivity contribution in [1.29, 1.82) is 0 Å². The molecule has 2 N–H and O–H groups in total. The Morgan fingerprint density at radius 1 is 1.33 bits per heavy atom. The molecule has 0 aliphatic carbocycles. The van der Waals surface area contributed by atoms with Crippen molar-refractivity contribution in [2.24, 2.45) is 0 Å².